The van der Waals surface area contributed by atoms with Crippen LogP contribution in [0.3, 0.4) is 0 Å². The van der Waals surface area contributed by atoms with E-state index < -0.39 is 39.1 Å². The van der Waals surface area contributed by atoms with Crippen LogP contribution >= 0.6 is 0 Å². The van der Waals surface area contributed by atoms with Crippen molar-refractivity contribution in [3.8, 4) is 0 Å². The maximum atomic E-state index is 13.8. The number of benzene rings is 1. The van der Waals surface area contributed by atoms with Gasteiger partial charge in [-0.15, -0.1) is 0 Å². The highest BCUT2D eigenvalue weighted by molar-refractivity contribution is 6.01. The fraction of sp³-hybridized carbons (Fsp3) is 0.462. The number of nitro benzene ring substituents is 1. The van der Waals surface area contributed by atoms with Crippen molar-refractivity contribution in [2.45, 2.75) is 32.7 Å². The van der Waals surface area contributed by atoms with Crippen molar-refractivity contribution >= 4 is 17.3 Å². The molecule has 0 unspecified atom stereocenters. The second-order valence-electron chi connectivity index (χ2n) is 5.14. The summed E-state index contributed by atoms with van der Waals surface area (Å²) < 4.78 is 13.8. The van der Waals surface area contributed by atoms with Crippen molar-refractivity contribution in [1.82, 2.24) is 4.90 Å². The normalized spacial score (nSPS) is 11.2. The van der Waals surface area contributed by atoms with Gasteiger partial charge in [-0.3, -0.25) is 14.9 Å². The van der Waals surface area contributed by atoms with Gasteiger partial charge in [-0.2, -0.15) is 0 Å². The lowest BCUT2D eigenvalue weighted by atomic mass is 9.98. The minimum atomic E-state index is -0.864. The van der Waals surface area contributed by atoms with Crippen molar-refractivity contribution in [2.24, 2.45) is 0 Å². The monoisotopic (exact) mass is 283 g/mol. The Morgan fingerprint density at radius 3 is 2.50 bits per heavy atom. The molecule has 20 heavy (non-hydrogen) atoms. The fourth-order valence-electron chi connectivity index (χ4n) is 1.64. The Kier molecular flexibility index (Phi) is 4.32. The highest BCUT2D eigenvalue weighted by Crippen LogP contribution is 2.30. The molecule has 6 nitrogen and oxygen atoms in total. The predicted molar refractivity (Wildman–Crippen MR) is 73.9 cm³/mol. The molecule has 0 fully saturated rings. The summed E-state index contributed by atoms with van der Waals surface area (Å²) in [5.74, 6) is -1.53. The van der Waals surface area contributed by atoms with E-state index in [1.54, 1.807) is 0 Å². The lowest BCUT2D eigenvalue weighted by Crippen LogP contribution is -2.45. The maximum absolute atomic E-state index is 13.8. The zero-order chi connectivity index (χ0) is 15.7. The van der Waals surface area contributed by atoms with Gasteiger partial charge in [0, 0.05) is 18.7 Å². The Balaban J connectivity index is 3.36. The largest absolute Gasteiger partial charge is 0.392 e. The molecule has 1 amide bonds. The van der Waals surface area contributed by atoms with Crippen molar-refractivity contribution in [3.63, 3.8) is 0 Å². The molecule has 1 aromatic rings. The van der Waals surface area contributed by atoms with Gasteiger partial charge < -0.3 is 10.6 Å². The van der Waals surface area contributed by atoms with Gasteiger partial charge in [0.1, 0.15) is 17.1 Å². The molecule has 0 saturated carbocycles. The summed E-state index contributed by atoms with van der Waals surface area (Å²) in [4.78, 5) is 23.8. The first-order chi connectivity index (χ1) is 9.13. The van der Waals surface area contributed by atoms with Crippen molar-refractivity contribution in [3.05, 3.63) is 33.6 Å². The van der Waals surface area contributed by atoms with Crippen LogP contribution in [0.1, 0.15) is 37.6 Å². The number of nitro groups is 1. The first kappa shape index (κ1) is 15.9. The minimum Gasteiger partial charge on any atom is -0.392 e. The number of nitrogens with zero attached hydrogens (tertiary/aromatic N) is 2. The van der Waals surface area contributed by atoms with Gasteiger partial charge in [0.25, 0.3) is 11.6 Å². The molecular formula is C13H18FN3O3. The van der Waals surface area contributed by atoms with Crippen molar-refractivity contribution in [2.75, 3.05) is 12.8 Å². The molecule has 0 aliphatic carbocycles. The van der Waals surface area contributed by atoms with Gasteiger partial charge in [0.05, 0.1) is 4.92 Å². The van der Waals surface area contributed by atoms with Gasteiger partial charge in [0.2, 0.25) is 0 Å². The number of anilines is 1. The molecule has 1 aromatic carbocycles. The topological polar surface area (TPSA) is 89.5 Å². The molecule has 1 rings (SSSR count). The zero-order valence-corrected chi connectivity index (χ0v) is 11.9. The van der Waals surface area contributed by atoms with Crippen LogP contribution in [0.4, 0.5) is 15.8 Å². The molecule has 0 spiro atoms. The van der Waals surface area contributed by atoms with Crippen LogP contribution in [0.25, 0.3) is 0 Å². The minimum absolute atomic E-state index is 0.446. The lowest BCUT2D eigenvalue weighted by molar-refractivity contribution is -0.384. The Labute approximate surface area is 116 Å². The predicted octanol–water partition coefficient (Wildman–Crippen LogP) is 2.58. The smallest absolute Gasteiger partial charge is 0.293 e. The number of nitrogens with two attached hydrogens (primary N) is 1. The molecule has 0 aliphatic heterocycles. The van der Waals surface area contributed by atoms with E-state index in [0.717, 1.165) is 12.1 Å². The average molecular weight is 283 g/mol. The number of carbonyl (C=O) groups is 1. The van der Waals surface area contributed by atoms with Crippen LogP contribution in [0.15, 0.2) is 12.1 Å². The van der Waals surface area contributed by atoms with Gasteiger partial charge in [-0.1, -0.05) is 6.92 Å². The molecule has 110 valence electrons. The van der Waals surface area contributed by atoms with E-state index in [9.17, 15) is 19.3 Å². The zero-order valence-electron chi connectivity index (χ0n) is 11.9. The van der Waals surface area contributed by atoms with Gasteiger partial charge >= 0.3 is 0 Å². The Hall–Kier alpha value is -2.18. The third-order valence-corrected chi connectivity index (χ3v) is 3.66. The van der Waals surface area contributed by atoms with E-state index in [0.29, 0.717) is 6.42 Å². The summed E-state index contributed by atoms with van der Waals surface area (Å²) in [5.41, 5.74) is 3.69. The molecule has 0 radical (unpaired) electrons. The summed E-state index contributed by atoms with van der Waals surface area (Å²) in [5, 5.41) is 10.8. The fourth-order valence-corrected chi connectivity index (χ4v) is 1.64. The van der Waals surface area contributed by atoms with E-state index in [2.05, 4.69) is 0 Å². The van der Waals surface area contributed by atoms with Crippen LogP contribution in [0.2, 0.25) is 0 Å². The van der Waals surface area contributed by atoms with E-state index in [-0.39, 0.29) is 0 Å². The molecule has 0 saturated heterocycles. The number of carbonyl (C=O) groups excluding carboxylic acids is 1. The van der Waals surface area contributed by atoms with Crippen molar-refractivity contribution < 1.29 is 14.1 Å². The summed E-state index contributed by atoms with van der Waals surface area (Å²) in [6.45, 7) is 5.52. The summed E-state index contributed by atoms with van der Waals surface area (Å²) >= 11 is 0. The number of rotatable bonds is 4. The molecule has 0 bridgehead atoms. The van der Waals surface area contributed by atoms with E-state index in [1.165, 1.54) is 11.9 Å². The molecule has 0 heterocycles. The number of amides is 1. The highest BCUT2D eigenvalue weighted by atomic mass is 19.1. The molecule has 0 aromatic heterocycles. The number of halogens is 1. The Bertz CT molecular complexity index is 558. The second-order valence-corrected chi connectivity index (χ2v) is 5.14. The third-order valence-electron chi connectivity index (χ3n) is 3.66. The third kappa shape index (κ3) is 2.71. The van der Waals surface area contributed by atoms with Gasteiger partial charge in [-0.25, -0.2) is 4.39 Å². The van der Waals surface area contributed by atoms with Gasteiger partial charge in [-0.05, 0) is 26.3 Å². The first-order valence-corrected chi connectivity index (χ1v) is 6.14. The van der Waals surface area contributed by atoms with Crippen LogP contribution in [-0.2, 0) is 0 Å². The number of hydrogen-bond acceptors (Lipinski definition) is 4. The average Bonchev–Trinajstić information content (AvgIpc) is 2.37. The molecular weight excluding hydrogens is 265 g/mol. The standard InChI is InChI=1S/C13H18FN3O3/c1-5-13(2,3)16(4)12(18)10-8(14)6-7-9(11(10)15)17(19)20/h6-7H,5,15H2,1-4H3. The van der Waals surface area contributed by atoms with Gasteiger partial charge in [0.15, 0.2) is 0 Å². The quantitative estimate of drug-likeness (QED) is 0.522. The van der Waals surface area contributed by atoms with Crippen LogP contribution in [-0.4, -0.2) is 28.3 Å². The summed E-state index contributed by atoms with van der Waals surface area (Å²) in [6.07, 6.45) is 0.645. The summed E-state index contributed by atoms with van der Waals surface area (Å²) in [7, 11) is 1.52. The Morgan fingerprint density at radius 2 is 2.05 bits per heavy atom. The van der Waals surface area contributed by atoms with E-state index in [1.807, 2.05) is 20.8 Å². The second kappa shape index (κ2) is 5.44. The molecule has 7 heteroatoms. The van der Waals surface area contributed by atoms with Crippen LogP contribution in [0.5, 0.6) is 0 Å². The van der Waals surface area contributed by atoms with Crippen molar-refractivity contribution in [1.29, 1.82) is 0 Å². The summed E-state index contributed by atoms with van der Waals surface area (Å²) in [6, 6.07) is 1.83. The lowest BCUT2D eigenvalue weighted by Gasteiger charge is -2.35. The molecule has 2 N–H and O–H groups in total. The SMILES string of the molecule is CCC(C)(C)N(C)C(=O)c1c(F)ccc([N+](=O)[O-])c1N. The van der Waals surface area contributed by atoms with E-state index >= 15 is 0 Å². The van der Waals surface area contributed by atoms with Crippen LogP contribution in [0, 0.1) is 15.9 Å². The maximum Gasteiger partial charge on any atom is 0.293 e. The molecule has 0 aliphatic rings. The highest BCUT2D eigenvalue weighted by Gasteiger charge is 2.31. The molecule has 0 atom stereocenters. The first-order valence-electron chi connectivity index (χ1n) is 6.14. The van der Waals surface area contributed by atoms with E-state index in [4.69, 9.17) is 5.73 Å². The Morgan fingerprint density at radius 1 is 1.50 bits per heavy atom. The van der Waals surface area contributed by atoms with Crippen LogP contribution < -0.4 is 5.73 Å². The number of nitrogen functional groups attached to an aromatic ring is 1. The number of hydrogen-bond donors (Lipinski definition) is 1.